The first kappa shape index (κ1) is 22.5. The number of nitrogens with one attached hydrogen (secondary N) is 1. The van der Waals surface area contributed by atoms with Crippen molar-refractivity contribution in [3.8, 4) is 0 Å². The zero-order valence-corrected chi connectivity index (χ0v) is 17.1. The minimum Gasteiger partial charge on any atom is -0.299 e. The number of alkyl halides is 3. The standard InChI is InChI=1S/C22H19F3N2O3S/c23-22(24,25)18-4-1-5-21(14-18)31(29,30)27-19-9-6-16(7-10-19)13-20(28)11-8-17-3-2-12-26-15-17/h1-7,9-10,12,14-15,27H,8,11,13H2. The molecule has 5 nitrogen and oxygen atoms in total. The highest BCUT2D eigenvalue weighted by molar-refractivity contribution is 7.92. The molecular formula is C22H19F3N2O3S. The fourth-order valence-electron chi connectivity index (χ4n) is 2.89. The van der Waals surface area contributed by atoms with Crippen LogP contribution >= 0.6 is 0 Å². The van der Waals surface area contributed by atoms with Crippen molar-refractivity contribution in [1.29, 1.82) is 0 Å². The number of Topliss-reactive ketones (excluding diaryl/α,β-unsaturated/α-hetero) is 1. The number of hydrogen-bond acceptors (Lipinski definition) is 4. The molecule has 3 aromatic rings. The third-order valence-corrected chi connectivity index (χ3v) is 5.87. The van der Waals surface area contributed by atoms with Crippen molar-refractivity contribution < 1.29 is 26.4 Å². The fraction of sp³-hybridized carbons (Fsp3) is 0.182. The molecule has 0 bridgehead atoms. The molecule has 0 saturated heterocycles. The number of sulfonamides is 1. The molecule has 0 amide bonds. The summed E-state index contributed by atoms with van der Waals surface area (Å²) in [5.41, 5.74) is 0.813. The van der Waals surface area contributed by atoms with Crippen molar-refractivity contribution in [1.82, 2.24) is 4.98 Å². The lowest BCUT2D eigenvalue weighted by Crippen LogP contribution is -2.14. The second kappa shape index (κ2) is 9.30. The number of nitrogens with zero attached hydrogens (tertiary/aromatic N) is 1. The summed E-state index contributed by atoms with van der Waals surface area (Å²) in [4.78, 5) is 15.7. The van der Waals surface area contributed by atoms with Crippen molar-refractivity contribution in [2.45, 2.75) is 30.3 Å². The first-order valence-corrected chi connectivity index (χ1v) is 10.8. The van der Waals surface area contributed by atoms with E-state index in [9.17, 15) is 26.4 Å². The number of ketones is 1. The summed E-state index contributed by atoms with van der Waals surface area (Å²) in [7, 11) is -4.19. The average molecular weight is 448 g/mol. The summed E-state index contributed by atoms with van der Waals surface area (Å²) in [6.07, 6.45) is -0.137. The van der Waals surface area contributed by atoms with Gasteiger partial charge in [-0.05, 0) is 53.9 Å². The molecule has 0 aliphatic rings. The number of rotatable bonds is 8. The Morgan fingerprint density at radius 2 is 1.71 bits per heavy atom. The predicted molar refractivity (Wildman–Crippen MR) is 110 cm³/mol. The summed E-state index contributed by atoms with van der Waals surface area (Å²) in [5.74, 6) is 0.0288. The van der Waals surface area contributed by atoms with Gasteiger partial charge < -0.3 is 0 Å². The van der Waals surface area contributed by atoms with Crippen LogP contribution in [0.1, 0.15) is 23.1 Å². The van der Waals surface area contributed by atoms with Gasteiger partial charge in [-0.2, -0.15) is 13.2 Å². The van der Waals surface area contributed by atoms with Gasteiger partial charge in [0, 0.05) is 30.9 Å². The van der Waals surface area contributed by atoms with E-state index in [0.717, 1.165) is 23.8 Å². The summed E-state index contributed by atoms with van der Waals surface area (Å²) in [6, 6.07) is 13.4. The third-order valence-electron chi connectivity index (χ3n) is 4.49. The number of anilines is 1. The summed E-state index contributed by atoms with van der Waals surface area (Å²) in [6.45, 7) is 0. The third kappa shape index (κ3) is 6.39. The summed E-state index contributed by atoms with van der Waals surface area (Å²) < 4.78 is 65.6. The first-order valence-electron chi connectivity index (χ1n) is 9.33. The molecule has 9 heteroatoms. The van der Waals surface area contributed by atoms with Gasteiger partial charge in [0.25, 0.3) is 10.0 Å². The quantitative estimate of drug-likeness (QED) is 0.545. The number of benzene rings is 2. The Morgan fingerprint density at radius 1 is 0.968 bits per heavy atom. The lowest BCUT2D eigenvalue weighted by molar-refractivity contribution is -0.137. The molecule has 0 saturated carbocycles. The Balaban J connectivity index is 1.61. The van der Waals surface area contributed by atoms with E-state index >= 15 is 0 Å². The maximum absolute atomic E-state index is 12.8. The minimum atomic E-state index is -4.64. The number of aromatic nitrogens is 1. The van der Waals surface area contributed by atoms with Gasteiger partial charge in [-0.15, -0.1) is 0 Å². The molecule has 1 N–H and O–H groups in total. The molecule has 1 aromatic heterocycles. The molecular weight excluding hydrogens is 429 g/mol. The van der Waals surface area contributed by atoms with Crippen molar-refractivity contribution in [2.24, 2.45) is 0 Å². The maximum atomic E-state index is 12.8. The van der Waals surface area contributed by atoms with Gasteiger partial charge in [-0.25, -0.2) is 8.42 Å². The molecule has 0 spiro atoms. The Hall–Kier alpha value is -3.20. The van der Waals surface area contributed by atoms with Crippen LogP contribution in [0.3, 0.4) is 0 Å². The van der Waals surface area contributed by atoms with Crippen LogP contribution in [0.5, 0.6) is 0 Å². The number of aryl methyl sites for hydroxylation is 1. The SMILES string of the molecule is O=C(CCc1cccnc1)Cc1ccc(NS(=O)(=O)c2cccc(C(F)(F)F)c2)cc1. The number of carbonyl (C=O) groups is 1. The minimum absolute atomic E-state index is 0.0288. The molecule has 162 valence electrons. The molecule has 0 aliphatic carbocycles. The van der Waals surface area contributed by atoms with E-state index in [1.807, 2.05) is 6.07 Å². The highest BCUT2D eigenvalue weighted by atomic mass is 32.2. The predicted octanol–water partition coefficient (Wildman–Crippen LogP) is 4.65. The smallest absolute Gasteiger partial charge is 0.299 e. The summed E-state index contributed by atoms with van der Waals surface area (Å²) >= 11 is 0. The Kier molecular flexibility index (Phi) is 6.74. The van der Waals surface area contributed by atoms with E-state index in [0.29, 0.717) is 24.5 Å². The zero-order valence-electron chi connectivity index (χ0n) is 16.3. The first-order chi connectivity index (χ1) is 14.6. The molecule has 1 heterocycles. The molecule has 0 radical (unpaired) electrons. The molecule has 0 fully saturated rings. The Labute approximate surface area is 178 Å². The second-order valence-electron chi connectivity index (χ2n) is 6.90. The van der Waals surface area contributed by atoms with Crippen molar-refractivity contribution in [3.05, 3.63) is 89.7 Å². The van der Waals surface area contributed by atoms with E-state index in [1.165, 1.54) is 12.1 Å². The normalized spacial score (nSPS) is 11.8. The topological polar surface area (TPSA) is 76.1 Å². The van der Waals surface area contributed by atoms with Crippen LogP contribution in [-0.2, 0) is 33.8 Å². The van der Waals surface area contributed by atoms with Gasteiger partial charge >= 0.3 is 6.18 Å². The number of hydrogen-bond donors (Lipinski definition) is 1. The van der Waals surface area contributed by atoms with E-state index < -0.39 is 26.7 Å². The van der Waals surface area contributed by atoms with Crippen molar-refractivity contribution in [3.63, 3.8) is 0 Å². The van der Waals surface area contributed by atoms with Crippen LogP contribution in [0.15, 0.2) is 78.0 Å². The van der Waals surface area contributed by atoms with Gasteiger partial charge in [-0.1, -0.05) is 24.3 Å². The van der Waals surface area contributed by atoms with Crippen LogP contribution in [-0.4, -0.2) is 19.2 Å². The molecule has 3 rings (SSSR count). The highest BCUT2D eigenvalue weighted by Gasteiger charge is 2.31. The van der Waals surface area contributed by atoms with Crippen LogP contribution in [0.25, 0.3) is 0 Å². The largest absolute Gasteiger partial charge is 0.416 e. The number of carbonyl (C=O) groups excluding carboxylic acids is 1. The lowest BCUT2D eigenvalue weighted by Gasteiger charge is -2.11. The van der Waals surface area contributed by atoms with Gasteiger partial charge in [0.05, 0.1) is 10.5 Å². The van der Waals surface area contributed by atoms with E-state index in [1.54, 1.807) is 30.6 Å². The fourth-order valence-corrected chi connectivity index (χ4v) is 3.99. The van der Waals surface area contributed by atoms with Crippen LogP contribution in [0.4, 0.5) is 18.9 Å². The molecule has 2 aromatic carbocycles. The van der Waals surface area contributed by atoms with Gasteiger partial charge in [0.2, 0.25) is 0 Å². The van der Waals surface area contributed by atoms with Gasteiger partial charge in [0.1, 0.15) is 5.78 Å². The zero-order chi connectivity index (χ0) is 22.5. The summed E-state index contributed by atoms with van der Waals surface area (Å²) in [5, 5.41) is 0. The Morgan fingerprint density at radius 3 is 2.35 bits per heavy atom. The van der Waals surface area contributed by atoms with Crippen LogP contribution in [0.2, 0.25) is 0 Å². The number of pyridine rings is 1. The molecule has 0 unspecified atom stereocenters. The number of halogens is 3. The van der Waals surface area contributed by atoms with E-state index in [2.05, 4.69) is 9.71 Å². The molecule has 31 heavy (non-hydrogen) atoms. The van der Waals surface area contributed by atoms with E-state index in [-0.39, 0.29) is 17.9 Å². The van der Waals surface area contributed by atoms with Crippen molar-refractivity contribution in [2.75, 3.05) is 4.72 Å². The highest BCUT2D eigenvalue weighted by Crippen LogP contribution is 2.30. The molecule has 0 atom stereocenters. The Bertz CT molecular complexity index is 1150. The average Bonchev–Trinajstić information content (AvgIpc) is 2.74. The lowest BCUT2D eigenvalue weighted by atomic mass is 10.0. The maximum Gasteiger partial charge on any atom is 0.416 e. The molecule has 0 aliphatic heterocycles. The van der Waals surface area contributed by atoms with Crippen LogP contribution in [0, 0.1) is 0 Å². The van der Waals surface area contributed by atoms with Crippen LogP contribution < -0.4 is 4.72 Å². The van der Waals surface area contributed by atoms with E-state index in [4.69, 9.17) is 0 Å². The van der Waals surface area contributed by atoms with Gasteiger partial charge in [-0.3, -0.25) is 14.5 Å². The second-order valence-corrected chi connectivity index (χ2v) is 8.59. The van der Waals surface area contributed by atoms with Gasteiger partial charge in [0.15, 0.2) is 0 Å². The monoisotopic (exact) mass is 448 g/mol. The van der Waals surface area contributed by atoms with Crippen molar-refractivity contribution >= 4 is 21.5 Å².